The van der Waals surface area contributed by atoms with Crippen molar-refractivity contribution in [2.24, 2.45) is 0 Å². The molecule has 0 unspecified atom stereocenters. The lowest BCUT2D eigenvalue weighted by Crippen LogP contribution is -2.52. The van der Waals surface area contributed by atoms with E-state index in [1.54, 1.807) is 11.0 Å². The van der Waals surface area contributed by atoms with E-state index >= 15 is 0 Å². The van der Waals surface area contributed by atoms with Crippen LogP contribution in [-0.4, -0.2) is 35.4 Å². The minimum Gasteiger partial charge on any atom is -0.483 e. The Bertz CT molecular complexity index is 1210. The lowest BCUT2D eigenvalue weighted by molar-refractivity contribution is -0.143. The topological polar surface area (TPSA) is 58.6 Å². The summed E-state index contributed by atoms with van der Waals surface area (Å²) in [6, 6.07) is 18.8. The quantitative estimate of drug-likeness (QED) is 0.304. The van der Waals surface area contributed by atoms with Crippen LogP contribution in [0.15, 0.2) is 65.1 Å². The normalized spacial score (nSPS) is 14.9. The number of benzene rings is 3. The molecule has 0 radical (unpaired) electrons. The molecule has 3 aromatic carbocycles. The van der Waals surface area contributed by atoms with Gasteiger partial charge in [0.2, 0.25) is 5.91 Å². The summed E-state index contributed by atoms with van der Waals surface area (Å²) in [6.07, 6.45) is 5.92. The third-order valence-corrected chi connectivity index (χ3v) is 8.00. The van der Waals surface area contributed by atoms with Gasteiger partial charge in [-0.15, -0.1) is 0 Å². The summed E-state index contributed by atoms with van der Waals surface area (Å²) in [5.41, 5.74) is 0.795. The lowest BCUT2D eigenvalue weighted by atomic mass is 9.95. The van der Waals surface area contributed by atoms with Crippen molar-refractivity contribution >= 4 is 50.1 Å². The van der Waals surface area contributed by atoms with Crippen molar-refractivity contribution in [3.63, 3.8) is 0 Å². The Morgan fingerprint density at radius 2 is 1.78 bits per heavy atom. The number of rotatable bonds is 9. The van der Waals surface area contributed by atoms with Crippen molar-refractivity contribution in [1.29, 1.82) is 0 Å². The van der Waals surface area contributed by atoms with Gasteiger partial charge >= 0.3 is 0 Å². The molecular formula is C29H32BrClN2O3. The Hall–Kier alpha value is -2.57. The van der Waals surface area contributed by atoms with Crippen LogP contribution in [0.2, 0.25) is 5.02 Å². The average molecular weight is 572 g/mol. The molecule has 190 valence electrons. The van der Waals surface area contributed by atoms with Crippen molar-refractivity contribution in [3.8, 4) is 5.75 Å². The van der Waals surface area contributed by atoms with E-state index in [-0.39, 0.29) is 31.0 Å². The second-order valence-corrected chi connectivity index (χ2v) is 10.5. The Balaban J connectivity index is 1.54. The van der Waals surface area contributed by atoms with E-state index in [2.05, 4.69) is 21.2 Å². The highest BCUT2D eigenvalue weighted by atomic mass is 79.9. The largest absolute Gasteiger partial charge is 0.483 e. The molecule has 3 aromatic rings. The van der Waals surface area contributed by atoms with Gasteiger partial charge in [-0.2, -0.15) is 0 Å². The van der Waals surface area contributed by atoms with E-state index < -0.39 is 6.04 Å². The van der Waals surface area contributed by atoms with Gasteiger partial charge in [-0.25, -0.2) is 0 Å². The van der Waals surface area contributed by atoms with Crippen molar-refractivity contribution in [3.05, 3.63) is 75.7 Å². The second-order valence-electron chi connectivity index (χ2n) is 9.27. The summed E-state index contributed by atoms with van der Waals surface area (Å²) in [5, 5.41) is 5.85. The molecule has 0 aromatic heterocycles. The predicted octanol–water partition coefficient (Wildman–Crippen LogP) is 6.89. The van der Waals surface area contributed by atoms with Gasteiger partial charge in [0.05, 0.1) is 4.47 Å². The number of carbonyl (C=O) groups is 2. The summed E-state index contributed by atoms with van der Waals surface area (Å²) >= 11 is 10.1. The SMILES string of the molecule is CC[C@H](C(=O)NC1CCCCC1)N(Cc1ccccc1Cl)C(=O)COc1ccc2ccccc2c1Br. The number of hydrogen-bond donors (Lipinski definition) is 1. The zero-order valence-corrected chi connectivity index (χ0v) is 22.9. The highest BCUT2D eigenvalue weighted by molar-refractivity contribution is 9.10. The van der Waals surface area contributed by atoms with Gasteiger partial charge in [-0.1, -0.05) is 86.3 Å². The van der Waals surface area contributed by atoms with Crippen LogP contribution in [0.1, 0.15) is 51.0 Å². The van der Waals surface area contributed by atoms with E-state index in [1.807, 2.05) is 61.5 Å². The van der Waals surface area contributed by atoms with Crippen LogP contribution < -0.4 is 10.1 Å². The number of ether oxygens (including phenoxy) is 1. The zero-order chi connectivity index (χ0) is 25.5. The fourth-order valence-corrected chi connectivity index (χ4v) is 5.62. The van der Waals surface area contributed by atoms with Gasteiger partial charge in [-0.3, -0.25) is 9.59 Å². The van der Waals surface area contributed by atoms with Crippen LogP contribution in [-0.2, 0) is 16.1 Å². The van der Waals surface area contributed by atoms with Gasteiger partial charge in [-0.05, 0) is 63.7 Å². The number of nitrogens with zero attached hydrogens (tertiary/aromatic N) is 1. The number of hydrogen-bond acceptors (Lipinski definition) is 3. The van der Waals surface area contributed by atoms with E-state index in [4.69, 9.17) is 16.3 Å². The summed E-state index contributed by atoms with van der Waals surface area (Å²) in [5.74, 6) is 0.205. The Morgan fingerprint density at radius 3 is 2.53 bits per heavy atom. The van der Waals surface area contributed by atoms with Gasteiger partial charge in [0.25, 0.3) is 5.91 Å². The molecule has 4 rings (SSSR count). The average Bonchev–Trinajstić information content (AvgIpc) is 2.90. The molecule has 1 aliphatic carbocycles. The Morgan fingerprint density at radius 1 is 1.06 bits per heavy atom. The molecule has 1 N–H and O–H groups in total. The van der Waals surface area contributed by atoms with Crippen LogP contribution >= 0.6 is 27.5 Å². The van der Waals surface area contributed by atoms with Gasteiger partial charge in [0.15, 0.2) is 6.61 Å². The fourth-order valence-electron chi connectivity index (χ4n) is 4.82. The lowest BCUT2D eigenvalue weighted by Gasteiger charge is -2.33. The molecule has 0 saturated heterocycles. The molecule has 5 nitrogen and oxygen atoms in total. The monoisotopic (exact) mass is 570 g/mol. The number of nitrogens with one attached hydrogen (secondary N) is 1. The van der Waals surface area contributed by atoms with Gasteiger partial charge < -0.3 is 15.0 Å². The molecule has 1 saturated carbocycles. The molecule has 0 heterocycles. The third kappa shape index (κ3) is 6.40. The molecule has 7 heteroatoms. The third-order valence-electron chi connectivity index (χ3n) is 6.81. The van der Waals surface area contributed by atoms with E-state index in [0.29, 0.717) is 17.2 Å². The van der Waals surface area contributed by atoms with Crippen molar-refractivity contribution in [1.82, 2.24) is 10.2 Å². The standard InChI is InChI=1S/C29H32BrClN2O3/c1-2-25(29(35)32-22-12-4-3-5-13-22)33(18-21-11-7-9-15-24(21)31)27(34)19-36-26-17-16-20-10-6-8-14-23(20)28(26)30/h6-11,14-17,22,25H,2-5,12-13,18-19H2,1H3,(H,32,35)/t25-/m1/s1. The first-order valence-corrected chi connectivity index (χ1v) is 13.8. The van der Waals surface area contributed by atoms with E-state index in [9.17, 15) is 9.59 Å². The molecule has 1 atom stereocenters. The number of fused-ring (bicyclic) bond motifs is 1. The summed E-state index contributed by atoms with van der Waals surface area (Å²) in [4.78, 5) is 28.5. The van der Waals surface area contributed by atoms with Crippen LogP contribution in [0.4, 0.5) is 0 Å². The molecule has 0 bridgehead atoms. The molecular weight excluding hydrogens is 540 g/mol. The Kier molecular flexibility index (Phi) is 9.27. The van der Waals surface area contributed by atoms with Crippen LogP contribution in [0.3, 0.4) is 0 Å². The highest BCUT2D eigenvalue weighted by Gasteiger charge is 2.31. The molecule has 1 fully saturated rings. The zero-order valence-electron chi connectivity index (χ0n) is 20.5. The first-order valence-electron chi connectivity index (χ1n) is 12.6. The van der Waals surface area contributed by atoms with Gasteiger partial charge in [0, 0.05) is 17.6 Å². The van der Waals surface area contributed by atoms with E-state index in [1.165, 1.54) is 6.42 Å². The maximum Gasteiger partial charge on any atom is 0.261 e. The first kappa shape index (κ1) is 26.5. The summed E-state index contributed by atoms with van der Waals surface area (Å²) in [6.45, 7) is 1.98. The van der Waals surface area contributed by atoms with Crippen LogP contribution in [0.5, 0.6) is 5.75 Å². The molecule has 2 amide bonds. The fraction of sp³-hybridized carbons (Fsp3) is 0.379. The molecule has 36 heavy (non-hydrogen) atoms. The molecule has 0 spiro atoms. The predicted molar refractivity (Wildman–Crippen MR) is 148 cm³/mol. The number of amides is 2. The summed E-state index contributed by atoms with van der Waals surface area (Å²) < 4.78 is 6.78. The highest BCUT2D eigenvalue weighted by Crippen LogP contribution is 2.33. The first-order chi connectivity index (χ1) is 17.5. The van der Waals surface area contributed by atoms with Crippen molar-refractivity contribution < 1.29 is 14.3 Å². The number of halogens is 2. The summed E-state index contributed by atoms with van der Waals surface area (Å²) in [7, 11) is 0. The maximum absolute atomic E-state index is 13.6. The maximum atomic E-state index is 13.6. The van der Waals surface area contributed by atoms with Crippen molar-refractivity contribution in [2.45, 2.75) is 64.1 Å². The van der Waals surface area contributed by atoms with Crippen LogP contribution in [0.25, 0.3) is 10.8 Å². The Labute approximate surface area is 226 Å². The second kappa shape index (κ2) is 12.6. The minimum absolute atomic E-state index is 0.114. The van der Waals surface area contributed by atoms with Crippen LogP contribution in [0, 0.1) is 0 Å². The van der Waals surface area contributed by atoms with E-state index in [0.717, 1.165) is 46.5 Å². The minimum atomic E-state index is -0.612. The molecule has 0 aliphatic heterocycles. The number of carbonyl (C=O) groups excluding carboxylic acids is 2. The molecule has 1 aliphatic rings. The van der Waals surface area contributed by atoms with Crippen molar-refractivity contribution in [2.75, 3.05) is 6.61 Å². The smallest absolute Gasteiger partial charge is 0.261 e. The van der Waals surface area contributed by atoms with Gasteiger partial charge in [0.1, 0.15) is 11.8 Å².